The third-order valence-corrected chi connectivity index (χ3v) is 5.83. The maximum Gasteiger partial charge on any atom is 0.191 e. The van der Waals surface area contributed by atoms with Gasteiger partial charge in [-0.25, -0.2) is 0 Å². The van der Waals surface area contributed by atoms with E-state index in [2.05, 4.69) is 44.6 Å². The summed E-state index contributed by atoms with van der Waals surface area (Å²) in [6.45, 7) is 5.52. The Labute approximate surface area is 184 Å². The maximum atomic E-state index is 6.57. The average Bonchev–Trinajstić information content (AvgIpc) is 2.77. The number of aliphatic imine (C=N–C) groups is 1. The number of halogens is 1. The molecule has 2 N–H and O–H groups in total. The Balaban J connectivity index is 1.58. The molecule has 1 saturated heterocycles. The summed E-state index contributed by atoms with van der Waals surface area (Å²) in [5, 5.41) is 7.58. The van der Waals surface area contributed by atoms with Crippen LogP contribution in [0.4, 0.5) is 5.69 Å². The Hall–Kier alpha value is -2.44. The Kier molecular flexibility index (Phi) is 8.22. The molecule has 0 bridgehead atoms. The lowest BCUT2D eigenvalue weighted by Gasteiger charge is -2.35. The molecule has 1 fully saturated rings. The lowest BCUT2D eigenvalue weighted by molar-refractivity contribution is 0.312. The Morgan fingerprint density at radius 2 is 1.83 bits per heavy atom. The van der Waals surface area contributed by atoms with Crippen LogP contribution < -0.4 is 20.3 Å². The highest BCUT2D eigenvalue weighted by molar-refractivity contribution is 6.31. The van der Waals surface area contributed by atoms with Crippen molar-refractivity contribution in [3.05, 3.63) is 58.6 Å². The first-order chi connectivity index (χ1) is 14.6. The summed E-state index contributed by atoms with van der Waals surface area (Å²) in [6, 6.07) is 14.2. The summed E-state index contributed by atoms with van der Waals surface area (Å²) in [5.74, 6) is 1.67. The molecule has 2 aromatic carbocycles. The topological polar surface area (TPSA) is 52.1 Å². The quantitative estimate of drug-likeness (QED) is 0.523. The van der Waals surface area contributed by atoms with Gasteiger partial charge >= 0.3 is 0 Å². The Morgan fingerprint density at radius 1 is 1.07 bits per heavy atom. The molecule has 0 aliphatic carbocycles. The van der Waals surface area contributed by atoms with Gasteiger partial charge in [-0.1, -0.05) is 35.9 Å². The van der Waals surface area contributed by atoms with Crippen LogP contribution in [0.1, 0.15) is 11.1 Å². The molecule has 0 spiro atoms. The fourth-order valence-corrected chi connectivity index (χ4v) is 3.92. The minimum atomic E-state index is 0.621. The Morgan fingerprint density at radius 3 is 2.57 bits per heavy atom. The minimum Gasteiger partial charge on any atom is -0.496 e. The highest BCUT2D eigenvalue weighted by atomic mass is 35.5. The molecule has 6 nitrogen and oxygen atoms in total. The van der Waals surface area contributed by atoms with E-state index in [1.165, 1.54) is 11.3 Å². The fourth-order valence-electron chi connectivity index (χ4n) is 3.68. The normalized spacial score (nSPS) is 15.2. The molecule has 162 valence electrons. The van der Waals surface area contributed by atoms with Crippen LogP contribution in [0.5, 0.6) is 5.75 Å². The van der Waals surface area contributed by atoms with E-state index < -0.39 is 0 Å². The summed E-state index contributed by atoms with van der Waals surface area (Å²) in [4.78, 5) is 9.13. The van der Waals surface area contributed by atoms with Crippen molar-refractivity contribution in [2.24, 2.45) is 4.99 Å². The number of para-hydroxylation sites is 1. The zero-order chi connectivity index (χ0) is 21.3. The van der Waals surface area contributed by atoms with Gasteiger partial charge in [-0.15, -0.1) is 0 Å². The van der Waals surface area contributed by atoms with Crippen molar-refractivity contribution >= 4 is 23.2 Å². The van der Waals surface area contributed by atoms with Crippen molar-refractivity contribution in [2.45, 2.75) is 13.0 Å². The van der Waals surface area contributed by atoms with Crippen LogP contribution in [-0.2, 0) is 13.0 Å². The van der Waals surface area contributed by atoms with Crippen LogP contribution in [0.15, 0.2) is 47.5 Å². The van der Waals surface area contributed by atoms with Gasteiger partial charge in [-0.3, -0.25) is 4.99 Å². The monoisotopic (exact) mass is 429 g/mol. The highest BCUT2D eigenvalue weighted by Gasteiger charge is 2.18. The van der Waals surface area contributed by atoms with E-state index >= 15 is 0 Å². The molecule has 0 aromatic heterocycles. The number of ether oxygens (including phenoxy) is 1. The first-order valence-electron chi connectivity index (χ1n) is 10.4. The number of guanidine groups is 1. The van der Waals surface area contributed by atoms with E-state index in [-0.39, 0.29) is 0 Å². The molecule has 30 heavy (non-hydrogen) atoms. The van der Waals surface area contributed by atoms with Crippen LogP contribution in [0.2, 0.25) is 5.02 Å². The van der Waals surface area contributed by atoms with Gasteiger partial charge in [0.2, 0.25) is 0 Å². The number of piperazine rings is 1. The summed E-state index contributed by atoms with van der Waals surface area (Å²) in [6.07, 6.45) is 0.851. The molecule has 7 heteroatoms. The predicted octanol–water partition coefficient (Wildman–Crippen LogP) is 3.01. The number of benzene rings is 2. The van der Waals surface area contributed by atoms with Gasteiger partial charge in [0, 0.05) is 62.6 Å². The van der Waals surface area contributed by atoms with Crippen molar-refractivity contribution < 1.29 is 4.74 Å². The van der Waals surface area contributed by atoms with E-state index in [1.807, 2.05) is 30.3 Å². The number of likely N-dealkylation sites (N-methyl/N-ethyl adjacent to an activating group) is 1. The molecule has 0 unspecified atom stereocenters. The number of nitrogens with one attached hydrogen (secondary N) is 2. The van der Waals surface area contributed by atoms with Gasteiger partial charge in [0.25, 0.3) is 0 Å². The maximum absolute atomic E-state index is 6.57. The zero-order valence-electron chi connectivity index (χ0n) is 18.1. The van der Waals surface area contributed by atoms with E-state index in [4.69, 9.17) is 16.3 Å². The number of hydrogen-bond acceptors (Lipinski definition) is 4. The first kappa shape index (κ1) is 22.2. The first-order valence-corrected chi connectivity index (χ1v) is 10.8. The van der Waals surface area contributed by atoms with E-state index in [0.717, 1.165) is 61.4 Å². The van der Waals surface area contributed by atoms with Crippen molar-refractivity contribution in [3.8, 4) is 5.75 Å². The lowest BCUT2D eigenvalue weighted by Crippen LogP contribution is -2.45. The van der Waals surface area contributed by atoms with E-state index in [9.17, 15) is 0 Å². The second-order valence-corrected chi connectivity index (χ2v) is 7.85. The Bertz CT molecular complexity index is 849. The smallest absolute Gasteiger partial charge is 0.191 e. The number of hydrogen-bond donors (Lipinski definition) is 2. The second-order valence-electron chi connectivity index (χ2n) is 7.44. The second kappa shape index (κ2) is 11.1. The molecule has 3 rings (SSSR count). The standard InChI is InChI=1S/C23H32ClN5O/c1-25-23(26-12-11-18-7-4-5-10-22(18)30-3)27-17-19-20(24)8-6-9-21(19)29-15-13-28(2)14-16-29/h4-10H,11-17H2,1-3H3,(H2,25,26,27). The summed E-state index contributed by atoms with van der Waals surface area (Å²) >= 11 is 6.57. The number of anilines is 1. The van der Waals surface area contributed by atoms with E-state index in [1.54, 1.807) is 14.2 Å². The average molecular weight is 430 g/mol. The molecule has 1 heterocycles. The molecule has 0 amide bonds. The minimum absolute atomic E-state index is 0.621. The molecule has 1 aliphatic rings. The predicted molar refractivity (Wildman–Crippen MR) is 126 cm³/mol. The van der Waals surface area contributed by atoms with Crippen LogP contribution in [0.25, 0.3) is 0 Å². The largest absolute Gasteiger partial charge is 0.496 e. The molecular formula is C23H32ClN5O. The van der Waals surface area contributed by atoms with E-state index in [0.29, 0.717) is 6.54 Å². The van der Waals surface area contributed by atoms with Gasteiger partial charge < -0.3 is 25.2 Å². The van der Waals surface area contributed by atoms with Crippen LogP contribution in [-0.4, -0.2) is 64.8 Å². The number of rotatable bonds is 7. The fraction of sp³-hybridized carbons (Fsp3) is 0.435. The zero-order valence-corrected chi connectivity index (χ0v) is 18.9. The van der Waals surface area contributed by atoms with Gasteiger partial charge in [-0.2, -0.15) is 0 Å². The molecule has 0 radical (unpaired) electrons. The number of nitrogens with zero attached hydrogens (tertiary/aromatic N) is 3. The molecule has 1 aliphatic heterocycles. The van der Waals surface area contributed by atoms with Gasteiger partial charge in [0.1, 0.15) is 5.75 Å². The van der Waals surface area contributed by atoms with Crippen LogP contribution in [0.3, 0.4) is 0 Å². The lowest BCUT2D eigenvalue weighted by atomic mass is 10.1. The van der Waals surface area contributed by atoms with Crippen LogP contribution >= 0.6 is 11.6 Å². The third-order valence-electron chi connectivity index (χ3n) is 5.47. The third kappa shape index (κ3) is 5.80. The summed E-state index contributed by atoms with van der Waals surface area (Å²) in [5.41, 5.74) is 3.48. The molecule has 2 aromatic rings. The van der Waals surface area contributed by atoms with Crippen molar-refractivity contribution in [3.63, 3.8) is 0 Å². The van der Waals surface area contributed by atoms with Crippen molar-refractivity contribution in [1.82, 2.24) is 15.5 Å². The summed E-state index contributed by atoms with van der Waals surface area (Å²) in [7, 11) is 5.65. The van der Waals surface area contributed by atoms with Crippen molar-refractivity contribution in [2.75, 3.05) is 58.8 Å². The molecule has 0 saturated carbocycles. The summed E-state index contributed by atoms with van der Waals surface area (Å²) < 4.78 is 5.43. The molecule has 0 atom stereocenters. The SMILES string of the molecule is CN=C(NCCc1ccccc1OC)NCc1c(Cl)cccc1N1CCN(C)CC1. The molecular weight excluding hydrogens is 398 g/mol. The van der Waals surface area contributed by atoms with Gasteiger partial charge in [-0.05, 0) is 37.2 Å². The van der Waals surface area contributed by atoms with Crippen molar-refractivity contribution in [1.29, 1.82) is 0 Å². The van der Waals surface area contributed by atoms with Gasteiger partial charge in [0.05, 0.1) is 7.11 Å². The number of methoxy groups -OCH3 is 1. The van der Waals surface area contributed by atoms with Crippen LogP contribution in [0, 0.1) is 0 Å². The van der Waals surface area contributed by atoms with Gasteiger partial charge in [0.15, 0.2) is 5.96 Å². The highest BCUT2D eigenvalue weighted by Crippen LogP contribution is 2.28.